The summed E-state index contributed by atoms with van der Waals surface area (Å²) in [4.78, 5) is 34.8. The molecule has 2 heterocycles. The Balaban J connectivity index is 1.37. The summed E-state index contributed by atoms with van der Waals surface area (Å²) < 4.78 is 12.1. The number of hydrogen-bond donors (Lipinski definition) is 0. The van der Waals surface area contributed by atoms with Crippen LogP contribution < -0.4 is 19.4 Å². The van der Waals surface area contributed by atoms with Crippen LogP contribution in [0, 0.1) is 5.92 Å². The highest BCUT2D eigenvalue weighted by molar-refractivity contribution is 6.23. The van der Waals surface area contributed by atoms with Crippen LogP contribution in [0.25, 0.3) is 0 Å². The largest absolute Gasteiger partial charge is 0.490 e. The summed E-state index contributed by atoms with van der Waals surface area (Å²) in [5, 5.41) is 1.68. The fourth-order valence-electron chi connectivity index (χ4n) is 5.22. The third-order valence-corrected chi connectivity index (χ3v) is 6.99. The normalized spacial score (nSPS) is 20.3. The molecule has 0 bridgehead atoms. The quantitative estimate of drug-likeness (QED) is 0.277. The molecule has 7 nitrogen and oxygen atoms in total. The van der Waals surface area contributed by atoms with E-state index in [0.29, 0.717) is 30.4 Å². The zero-order valence-electron chi connectivity index (χ0n) is 21.5. The Hall–Kier alpha value is -4.62. The minimum Gasteiger partial charge on any atom is -0.490 e. The number of para-hydroxylation sites is 2. The van der Waals surface area contributed by atoms with E-state index in [1.165, 1.54) is 4.90 Å². The maximum atomic E-state index is 13.8. The minimum absolute atomic E-state index is 0.290. The standard InChI is InChI=1S/C32H28N2O5/c1-2-37-27-20-23(18-19-26(27)38-21-22-12-6-3-7-13-22)29-28-30(39-34(29)25-16-10-5-11-17-25)32(36)33(31(28)35)24-14-8-4-9-15-24/h3-20,28-30H,2,21H2,1H3/t28-,29-,30-/m1/s1. The molecule has 0 N–H and O–H groups in total. The average Bonchev–Trinajstić information content (AvgIpc) is 3.49. The zero-order valence-corrected chi connectivity index (χ0v) is 21.5. The summed E-state index contributed by atoms with van der Waals surface area (Å²) in [7, 11) is 0. The number of nitrogens with zero attached hydrogens (tertiary/aromatic N) is 2. The molecule has 0 aromatic heterocycles. The summed E-state index contributed by atoms with van der Waals surface area (Å²) >= 11 is 0. The molecule has 0 unspecified atom stereocenters. The molecule has 2 saturated heterocycles. The molecule has 4 aromatic carbocycles. The van der Waals surface area contributed by atoms with E-state index < -0.39 is 18.1 Å². The number of hydroxylamine groups is 1. The van der Waals surface area contributed by atoms with Crippen LogP contribution >= 0.6 is 0 Å². The third-order valence-electron chi connectivity index (χ3n) is 6.99. The van der Waals surface area contributed by atoms with E-state index in [1.807, 2.05) is 91.9 Å². The van der Waals surface area contributed by atoms with Gasteiger partial charge in [0.05, 0.1) is 24.0 Å². The Kier molecular flexibility index (Phi) is 6.73. The van der Waals surface area contributed by atoms with Gasteiger partial charge in [-0.25, -0.2) is 9.96 Å². The summed E-state index contributed by atoms with van der Waals surface area (Å²) in [6.07, 6.45) is -0.938. The summed E-state index contributed by atoms with van der Waals surface area (Å²) in [6, 6.07) is 33.5. The zero-order chi connectivity index (χ0) is 26.8. The molecule has 7 heteroatoms. The Morgan fingerprint density at radius 2 is 1.36 bits per heavy atom. The molecule has 0 radical (unpaired) electrons. The van der Waals surface area contributed by atoms with E-state index in [9.17, 15) is 9.59 Å². The van der Waals surface area contributed by atoms with Crippen LogP contribution in [-0.4, -0.2) is 24.5 Å². The Labute approximate surface area is 227 Å². The van der Waals surface area contributed by atoms with Gasteiger partial charge in [0.2, 0.25) is 5.91 Å². The lowest BCUT2D eigenvalue weighted by Crippen LogP contribution is -2.37. The molecular formula is C32H28N2O5. The van der Waals surface area contributed by atoms with Crippen molar-refractivity contribution >= 4 is 23.2 Å². The van der Waals surface area contributed by atoms with Crippen LogP contribution in [0.3, 0.4) is 0 Å². The first-order valence-corrected chi connectivity index (χ1v) is 13.0. The van der Waals surface area contributed by atoms with E-state index >= 15 is 0 Å². The first-order chi connectivity index (χ1) is 19.2. The topological polar surface area (TPSA) is 68.3 Å². The molecular weight excluding hydrogens is 492 g/mol. The molecule has 2 amide bonds. The number of ether oxygens (including phenoxy) is 2. The van der Waals surface area contributed by atoms with Gasteiger partial charge in [-0.1, -0.05) is 72.8 Å². The number of amides is 2. The van der Waals surface area contributed by atoms with E-state index in [2.05, 4.69) is 0 Å². The molecule has 0 aliphatic carbocycles. The van der Waals surface area contributed by atoms with Gasteiger partial charge in [-0.3, -0.25) is 14.4 Å². The van der Waals surface area contributed by atoms with Gasteiger partial charge in [0, 0.05) is 0 Å². The van der Waals surface area contributed by atoms with Crippen molar-refractivity contribution in [3.05, 3.63) is 120 Å². The lowest BCUT2D eigenvalue weighted by atomic mass is 9.90. The van der Waals surface area contributed by atoms with Crippen molar-refractivity contribution in [1.82, 2.24) is 0 Å². The predicted molar refractivity (Wildman–Crippen MR) is 147 cm³/mol. The van der Waals surface area contributed by atoms with E-state index in [0.717, 1.165) is 16.8 Å². The van der Waals surface area contributed by atoms with Gasteiger partial charge in [0.25, 0.3) is 5.91 Å². The molecule has 2 aliphatic rings. The summed E-state index contributed by atoms with van der Waals surface area (Å²) in [5.74, 6) is -0.219. The number of carbonyl (C=O) groups is 2. The summed E-state index contributed by atoms with van der Waals surface area (Å²) in [5.41, 5.74) is 3.13. The first-order valence-electron chi connectivity index (χ1n) is 13.0. The Morgan fingerprint density at radius 1 is 0.718 bits per heavy atom. The third kappa shape index (κ3) is 4.62. The van der Waals surface area contributed by atoms with Gasteiger partial charge in [-0.05, 0) is 54.4 Å². The molecule has 196 valence electrons. The van der Waals surface area contributed by atoms with Gasteiger partial charge in [0.1, 0.15) is 12.5 Å². The molecule has 6 rings (SSSR count). The van der Waals surface area contributed by atoms with Crippen molar-refractivity contribution < 1.29 is 23.9 Å². The fraction of sp³-hybridized carbons (Fsp3) is 0.188. The average molecular weight is 521 g/mol. The molecule has 2 fully saturated rings. The predicted octanol–water partition coefficient (Wildman–Crippen LogP) is 5.72. The molecule has 0 spiro atoms. The summed E-state index contributed by atoms with van der Waals surface area (Å²) in [6.45, 7) is 2.75. The van der Waals surface area contributed by atoms with Gasteiger partial charge in [0.15, 0.2) is 17.6 Å². The highest BCUT2D eigenvalue weighted by Crippen LogP contribution is 2.48. The van der Waals surface area contributed by atoms with Gasteiger partial charge in [-0.15, -0.1) is 0 Å². The molecule has 2 aliphatic heterocycles. The molecule has 0 saturated carbocycles. The van der Waals surface area contributed by atoms with E-state index in [1.54, 1.807) is 29.3 Å². The molecule has 39 heavy (non-hydrogen) atoms. The van der Waals surface area contributed by atoms with E-state index in [4.69, 9.17) is 14.3 Å². The van der Waals surface area contributed by atoms with E-state index in [-0.39, 0.29) is 11.8 Å². The van der Waals surface area contributed by atoms with Gasteiger partial charge >= 0.3 is 0 Å². The van der Waals surface area contributed by atoms with Crippen LogP contribution in [0.1, 0.15) is 24.1 Å². The second-order valence-corrected chi connectivity index (χ2v) is 9.42. The number of rotatable bonds is 8. The number of carbonyl (C=O) groups excluding carboxylic acids is 2. The van der Waals surface area contributed by atoms with Crippen molar-refractivity contribution in [2.75, 3.05) is 16.6 Å². The van der Waals surface area contributed by atoms with Crippen molar-refractivity contribution in [2.45, 2.75) is 25.7 Å². The minimum atomic E-state index is -0.938. The van der Waals surface area contributed by atoms with Crippen LogP contribution in [0.15, 0.2) is 109 Å². The van der Waals surface area contributed by atoms with Gasteiger partial charge in [-0.2, -0.15) is 0 Å². The van der Waals surface area contributed by atoms with Crippen LogP contribution in [-0.2, 0) is 21.0 Å². The number of benzene rings is 4. The smallest absolute Gasteiger partial charge is 0.266 e. The SMILES string of the molecule is CCOc1cc([C@@H]2[C@H]3C(=O)N(c4ccccc4)C(=O)[C@@H]3ON2c2ccccc2)ccc1OCc1ccccc1. The van der Waals surface area contributed by atoms with Crippen molar-refractivity contribution in [3.8, 4) is 11.5 Å². The number of fused-ring (bicyclic) bond motifs is 1. The van der Waals surface area contributed by atoms with Crippen LogP contribution in [0.4, 0.5) is 11.4 Å². The fourth-order valence-corrected chi connectivity index (χ4v) is 5.22. The van der Waals surface area contributed by atoms with Crippen LogP contribution in [0.2, 0.25) is 0 Å². The molecule has 3 atom stereocenters. The maximum Gasteiger partial charge on any atom is 0.266 e. The number of hydrogen-bond acceptors (Lipinski definition) is 6. The Bertz CT molecular complexity index is 1460. The monoisotopic (exact) mass is 520 g/mol. The Morgan fingerprint density at radius 3 is 2.03 bits per heavy atom. The lowest BCUT2D eigenvalue weighted by molar-refractivity contribution is -0.126. The number of imide groups is 1. The second-order valence-electron chi connectivity index (χ2n) is 9.42. The molecule has 4 aromatic rings. The first kappa shape index (κ1) is 24.7. The van der Waals surface area contributed by atoms with Crippen molar-refractivity contribution in [1.29, 1.82) is 0 Å². The maximum absolute atomic E-state index is 13.8. The lowest BCUT2D eigenvalue weighted by Gasteiger charge is -2.29. The second kappa shape index (κ2) is 10.6. The number of anilines is 2. The van der Waals surface area contributed by atoms with Gasteiger partial charge < -0.3 is 9.47 Å². The highest BCUT2D eigenvalue weighted by atomic mass is 16.7. The highest BCUT2D eigenvalue weighted by Gasteiger charge is 2.60. The van der Waals surface area contributed by atoms with Crippen LogP contribution in [0.5, 0.6) is 11.5 Å². The van der Waals surface area contributed by atoms with Crippen molar-refractivity contribution in [3.63, 3.8) is 0 Å². The van der Waals surface area contributed by atoms with Crippen molar-refractivity contribution in [2.24, 2.45) is 5.92 Å².